The van der Waals surface area contributed by atoms with Crippen LogP contribution in [0.3, 0.4) is 0 Å². The van der Waals surface area contributed by atoms with Gasteiger partial charge in [0.15, 0.2) is 0 Å². The van der Waals surface area contributed by atoms with Crippen molar-refractivity contribution < 1.29 is 19.5 Å². The summed E-state index contributed by atoms with van der Waals surface area (Å²) in [5.74, 6) is -1.49. The van der Waals surface area contributed by atoms with Gasteiger partial charge in [0, 0.05) is 13.5 Å². The van der Waals surface area contributed by atoms with E-state index in [0.717, 1.165) is 12.8 Å². The summed E-state index contributed by atoms with van der Waals surface area (Å²) in [5.41, 5.74) is -0.814. The van der Waals surface area contributed by atoms with Crippen LogP contribution in [0.25, 0.3) is 0 Å². The van der Waals surface area contributed by atoms with Crippen LogP contribution in [0.15, 0.2) is 0 Å². The number of carboxylic acids is 1. The third kappa shape index (κ3) is 3.72. The molecule has 17 heavy (non-hydrogen) atoms. The molecular weight excluding hydrogens is 224 g/mol. The molecule has 0 spiro atoms. The molecular formula is C11H18N2O4. The highest BCUT2D eigenvalue weighted by atomic mass is 16.4. The van der Waals surface area contributed by atoms with Gasteiger partial charge >= 0.3 is 5.97 Å². The lowest BCUT2D eigenvalue weighted by molar-refractivity contribution is -0.148. The summed E-state index contributed by atoms with van der Waals surface area (Å²) in [6.45, 7) is 1.36. The van der Waals surface area contributed by atoms with E-state index in [9.17, 15) is 19.5 Å². The van der Waals surface area contributed by atoms with Gasteiger partial charge < -0.3 is 15.7 Å². The minimum atomic E-state index is -0.852. The number of aliphatic carboxylic acids is 1. The predicted octanol–water partition coefficient (Wildman–Crippen LogP) is -0.116. The smallest absolute Gasteiger partial charge is 0.311 e. The van der Waals surface area contributed by atoms with Gasteiger partial charge in [-0.3, -0.25) is 14.4 Å². The summed E-state index contributed by atoms with van der Waals surface area (Å²) in [6.07, 6.45) is 2.97. The summed E-state index contributed by atoms with van der Waals surface area (Å²) >= 11 is 0. The van der Waals surface area contributed by atoms with Crippen molar-refractivity contribution in [1.29, 1.82) is 0 Å². The lowest BCUT2D eigenvalue weighted by Gasteiger charge is -2.23. The van der Waals surface area contributed by atoms with Crippen LogP contribution in [-0.4, -0.2) is 36.0 Å². The van der Waals surface area contributed by atoms with Crippen LogP contribution in [0.5, 0.6) is 0 Å². The Morgan fingerprint density at radius 1 is 1.18 bits per heavy atom. The monoisotopic (exact) mass is 242 g/mol. The van der Waals surface area contributed by atoms with Gasteiger partial charge in [-0.25, -0.2) is 0 Å². The molecule has 1 saturated carbocycles. The zero-order valence-corrected chi connectivity index (χ0v) is 9.91. The lowest BCUT2D eigenvalue weighted by atomic mass is 9.86. The number of rotatable bonds is 5. The highest BCUT2D eigenvalue weighted by Gasteiger charge is 2.41. The molecule has 6 heteroatoms. The molecule has 3 N–H and O–H groups in total. The molecule has 0 heterocycles. The van der Waals surface area contributed by atoms with Gasteiger partial charge in [0.05, 0.1) is 12.0 Å². The molecule has 0 aromatic carbocycles. The molecule has 2 amide bonds. The zero-order chi connectivity index (χ0) is 12.9. The average molecular weight is 242 g/mol. The van der Waals surface area contributed by atoms with E-state index in [1.54, 1.807) is 0 Å². The zero-order valence-electron chi connectivity index (χ0n) is 9.91. The summed E-state index contributed by atoms with van der Waals surface area (Å²) < 4.78 is 0. The normalized spacial score (nSPS) is 17.5. The van der Waals surface area contributed by atoms with Crippen LogP contribution in [-0.2, 0) is 14.4 Å². The van der Waals surface area contributed by atoms with E-state index in [2.05, 4.69) is 10.6 Å². The van der Waals surface area contributed by atoms with Gasteiger partial charge in [-0.05, 0) is 12.8 Å². The van der Waals surface area contributed by atoms with Crippen molar-refractivity contribution in [3.05, 3.63) is 0 Å². The van der Waals surface area contributed by atoms with Crippen LogP contribution in [0.1, 0.15) is 32.6 Å². The van der Waals surface area contributed by atoms with Crippen molar-refractivity contribution >= 4 is 17.8 Å². The molecule has 0 saturated heterocycles. The minimum Gasteiger partial charge on any atom is -0.481 e. The standard InChI is InChI=1S/C11H18N2O4/c1-8(14)12-6-9(15)13-7-11(10(16)17)4-2-3-5-11/h2-7H2,1H3,(H,12,14)(H,13,15)(H,16,17). The maximum atomic E-state index is 11.4. The molecule has 96 valence electrons. The Hall–Kier alpha value is -1.59. The van der Waals surface area contributed by atoms with E-state index in [1.165, 1.54) is 6.92 Å². The van der Waals surface area contributed by atoms with Gasteiger partial charge in [0.25, 0.3) is 0 Å². The van der Waals surface area contributed by atoms with Crippen molar-refractivity contribution in [2.45, 2.75) is 32.6 Å². The first kappa shape index (κ1) is 13.5. The highest BCUT2D eigenvalue weighted by molar-refractivity contribution is 5.84. The topological polar surface area (TPSA) is 95.5 Å². The van der Waals surface area contributed by atoms with Crippen LogP contribution in [0.2, 0.25) is 0 Å². The van der Waals surface area contributed by atoms with E-state index in [4.69, 9.17) is 0 Å². The number of carbonyl (C=O) groups is 3. The maximum absolute atomic E-state index is 11.4. The molecule has 0 atom stereocenters. The Balaban J connectivity index is 2.40. The first-order chi connectivity index (χ1) is 7.96. The number of hydrogen-bond acceptors (Lipinski definition) is 3. The first-order valence-electron chi connectivity index (χ1n) is 5.71. The lowest BCUT2D eigenvalue weighted by Crippen LogP contribution is -2.44. The molecule has 0 aromatic heterocycles. The second kappa shape index (κ2) is 5.65. The van der Waals surface area contributed by atoms with Crippen LogP contribution >= 0.6 is 0 Å². The molecule has 0 aliphatic heterocycles. The fraction of sp³-hybridized carbons (Fsp3) is 0.727. The molecule has 0 aromatic rings. The van der Waals surface area contributed by atoms with Gasteiger partial charge in [-0.15, -0.1) is 0 Å². The van der Waals surface area contributed by atoms with Crippen LogP contribution < -0.4 is 10.6 Å². The first-order valence-corrected chi connectivity index (χ1v) is 5.71. The molecule has 6 nitrogen and oxygen atoms in total. The van der Waals surface area contributed by atoms with E-state index >= 15 is 0 Å². The Bertz CT molecular complexity index is 321. The quantitative estimate of drug-likeness (QED) is 0.626. The fourth-order valence-corrected chi connectivity index (χ4v) is 2.05. The number of amides is 2. The molecule has 0 unspecified atom stereocenters. The molecule has 0 radical (unpaired) electrons. The Morgan fingerprint density at radius 2 is 1.76 bits per heavy atom. The minimum absolute atomic E-state index is 0.106. The number of hydrogen-bond donors (Lipinski definition) is 3. The molecule has 1 aliphatic carbocycles. The Kier molecular flexibility index (Phi) is 4.48. The SMILES string of the molecule is CC(=O)NCC(=O)NCC1(C(=O)O)CCCC1. The van der Waals surface area contributed by atoms with Gasteiger partial charge in [-0.1, -0.05) is 12.8 Å². The van der Waals surface area contributed by atoms with Crippen molar-refractivity contribution in [1.82, 2.24) is 10.6 Å². The van der Waals surface area contributed by atoms with Crippen molar-refractivity contribution in [2.24, 2.45) is 5.41 Å². The summed E-state index contributed by atoms with van der Waals surface area (Å²) in [5, 5.41) is 14.1. The number of carbonyl (C=O) groups excluding carboxylic acids is 2. The van der Waals surface area contributed by atoms with E-state index < -0.39 is 11.4 Å². The Labute approximate surface area is 99.8 Å². The van der Waals surface area contributed by atoms with E-state index in [0.29, 0.717) is 12.8 Å². The van der Waals surface area contributed by atoms with Crippen LogP contribution in [0, 0.1) is 5.41 Å². The molecule has 0 bridgehead atoms. The fourth-order valence-electron chi connectivity index (χ4n) is 2.05. The number of carboxylic acid groups (broad SMARTS) is 1. The molecule has 1 aliphatic rings. The van der Waals surface area contributed by atoms with Crippen molar-refractivity contribution in [2.75, 3.05) is 13.1 Å². The largest absolute Gasteiger partial charge is 0.481 e. The van der Waals surface area contributed by atoms with Gasteiger partial charge in [0.2, 0.25) is 11.8 Å². The maximum Gasteiger partial charge on any atom is 0.311 e. The summed E-state index contributed by atoms with van der Waals surface area (Å²) in [6, 6.07) is 0. The van der Waals surface area contributed by atoms with Crippen molar-refractivity contribution in [3.8, 4) is 0 Å². The van der Waals surface area contributed by atoms with E-state index in [-0.39, 0.29) is 24.9 Å². The van der Waals surface area contributed by atoms with Gasteiger partial charge in [0.1, 0.15) is 0 Å². The third-order valence-corrected chi connectivity index (χ3v) is 3.14. The second-order valence-corrected chi connectivity index (χ2v) is 4.48. The highest BCUT2D eigenvalue weighted by Crippen LogP contribution is 2.37. The molecule has 1 fully saturated rings. The van der Waals surface area contributed by atoms with Crippen molar-refractivity contribution in [3.63, 3.8) is 0 Å². The summed E-state index contributed by atoms with van der Waals surface area (Å²) in [7, 11) is 0. The Morgan fingerprint density at radius 3 is 2.24 bits per heavy atom. The van der Waals surface area contributed by atoms with Gasteiger partial charge in [-0.2, -0.15) is 0 Å². The van der Waals surface area contributed by atoms with E-state index in [1.807, 2.05) is 0 Å². The second-order valence-electron chi connectivity index (χ2n) is 4.48. The number of nitrogens with one attached hydrogen (secondary N) is 2. The predicted molar refractivity (Wildman–Crippen MR) is 60.2 cm³/mol. The average Bonchev–Trinajstić information content (AvgIpc) is 2.73. The summed E-state index contributed by atoms with van der Waals surface area (Å²) in [4.78, 5) is 33.1. The third-order valence-electron chi connectivity index (χ3n) is 3.14. The van der Waals surface area contributed by atoms with Crippen LogP contribution in [0.4, 0.5) is 0 Å². The molecule has 1 rings (SSSR count).